The van der Waals surface area contributed by atoms with Gasteiger partial charge < -0.3 is 10.1 Å². The number of nitrogens with one attached hydrogen (secondary N) is 1. The van der Waals surface area contributed by atoms with Crippen molar-refractivity contribution in [2.45, 2.75) is 25.9 Å². The van der Waals surface area contributed by atoms with E-state index in [-0.39, 0.29) is 5.91 Å². The maximum Gasteiger partial charge on any atom is 0.220 e. The topological polar surface area (TPSA) is 69.0 Å². The third kappa shape index (κ3) is 5.17. The fraction of sp³-hybridized carbons (Fsp3) is 0.250. The molecule has 26 heavy (non-hydrogen) atoms. The maximum atomic E-state index is 12.1. The number of carbonyl (C=O) groups is 1. The van der Waals surface area contributed by atoms with E-state index >= 15 is 0 Å². The molecule has 0 spiro atoms. The number of nitrogens with zero attached hydrogens (tertiary/aromatic N) is 3. The zero-order valence-corrected chi connectivity index (χ0v) is 14.8. The summed E-state index contributed by atoms with van der Waals surface area (Å²) in [5.41, 5.74) is 3.31. The van der Waals surface area contributed by atoms with Gasteiger partial charge in [0, 0.05) is 13.0 Å². The minimum Gasteiger partial charge on any atom is -0.497 e. The molecular weight excluding hydrogens is 328 g/mol. The van der Waals surface area contributed by atoms with Crippen LogP contribution in [0.5, 0.6) is 5.75 Å². The molecule has 0 saturated carbocycles. The van der Waals surface area contributed by atoms with Gasteiger partial charge in [-0.05, 0) is 35.2 Å². The molecule has 3 aromatic rings. The molecule has 1 aromatic heterocycles. The van der Waals surface area contributed by atoms with Crippen molar-refractivity contribution >= 4 is 5.91 Å². The van der Waals surface area contributed by atoms with Gasteiger partial charge >= 0.3 is 0 Å². The normalized spacial score (nSPS) is 10.5. The zero-order valence-electron chi connectivity index (χ0n) is 14.8. The van der Waals surface area contributed by atoms with E-state index in [1.54, 1.807) is 18.1 Å². The Labute approximate surface area is 152 Å². The molecule has 2 aromatic carbocycles. The molecule has 134 valence electrons. The Bertz CT molecular complexity index is 829. The van der Waals surface area contributed by atoms with Gasteiger partial charge in [0.1, 0.15) is 18.4 Å². The lowest BCUT2D eigenvalue weighted by molar-refractivity contribution is -0.121. The van der Waals surface area contributed by atoms with Crippen LogP contribution >= 0.6 is 0 Å². The Morgan fingerprint density at radius 1 is 1.12 bits per heavy atom. The number of hydrogen-bond donors (Lipinski definition) is 1. The smallest absolute Gasteiger partial charge is 0.220 e. The number of hydrogen-bond acceptors (Lipinski definition) is 4. The van der Waals surface area contributed by atoms with Crippen molar-refractivity contribution < 1.29 is 9.53 Å². The van der Waals surface area contributed by atoms with Gasteiger partial charge in [0.25, 0.3) is 0 Å². The fourth-order valence-electron chi connectivity index (χ4n) is 2.64. The average Bonchev–Trinajstić information content (AvgIpc) is 3.19. The monoisotopic (exact) mass is 350 g/mol. The first-order chi connectivity index (χ1) is 12.7. The van der Waals surface area contributed by atoms with Crippen LogP contribution in [0.15, 0.2) is 61.2 Å². The number of benzene rings is 2. The Kier molecular flexibility index (Phi) is 5.98. The van der Waals surface area contributed by atoms with Gasteiger partial charge in [-0.2, -0.15) is 5.10 Å². The molecule has 0 unspecified atom stereocenters. The van der Waals surface area contributed by atoms with E-state index in [0.29, 0.717) is 25.9 Å². The number of aromatic nitrogens is 3. The quantitative estimate of drug-likeness (QED) is 0.678. The van der Waals surface area contributed by atoms with Crippen LogP contribution < -0.4 is 10.1 Å². The van der Waals surface area contributed by atoms with Gasteiger partial charge in [-0.1, -0.05) is 36.4 Å². The van der Waals surface area contributed by atoms with E-state index in [2.05, 4.69) is 15.4 Å². The summed E-state index contributed by atoms with van der Waals surface area (Å²) in [6, 6.07) is 15.9. The van der Waals surface area contributed by atoms with Gasteiger partial charge in [0.05, 0.1) is 13.7 Å². The van der Waals surface area contributed by atoms with E-state index in [4.69, 9.17) is 4.74 Å². The van der Waals surface area contributed by atoms with Crippen molar-refractivity contribution in [2.24, 2.45) is 0 Å². The maximum absolute atomic E-state index is 12.1. The first-order valence-electron chi connectivity index (χ1n) is 8.53. The van der Waals surface area contributed by atoms with Crippen molar-refractivity contribution in [1.82, 2.24) is 20.1 Å². The summed E-state index contributed by atoms with van der Waals surface area (Å²) in [6.45, 7) is 1.22. The van der Waals surface area contributed by atoms with Crippen molar-refractivity contribution in [3.05, 3.63) is 77.9 Å². The number of ether oxygens (including phenoxy) is 1. The minimum atomic E-state index is 0.0412. The van der Waals surface area contributed by atoms with Crippen molar-refractivity contribution in [3.8, 4) is 5.75 Å². The van der Waals surface area contributed by atoms with E-state index in [1.165, 1.54) is 6.33 Å². The summed E-state index contributed by atoms with van der Waals surface area (Å²) < 4.78 is 6.97. The standard InChI is InChI=1S/C20H22N4O2/c1-26-19-4-2-3-16(11-19)9-10-20(25)22-12-17-5-7-18(8-6-17)13-24-15-21-14-23-24/h2-8,11,14-15H,9-10,12-13H2,1H3,(H,22,25). The summed E-state index contributed by atoms with van der Waals surface area (Å²) in [5.74, 6) is 0.855. The first kappa shape index (κ1) is 17.7. The molecule has 0 bridgehead atoms. The minimum absolute atomic E-state index is 0.0412. The zero-order chi connectivity index (χ0) is 18.2. The van der Waals surface area contributed by atoms with Crippen LogP contribution in [-0.2, 0) is 24.3 Å². The van der Waals surface area contributed by atoms with Crippen LogP contribution in [0, 0.1) is 0 Å². The lowest BCUT2D eigenvalue weighted by Gasteiger charge is -2.08. The molecule has 6 nitrogen and oxygen atoms in total. The molecule has 0 aliphatic rings. The van der Waals surface area contributed by atoms with Crippen LogP contribution in [0.1, 0.15) is 23.1 Å². The molecule has 1 heterocycles. The lowest BCUT2D eigenvalue weighted by Crippen LogP contribution is -2.23. The highest BCUT2D eigenvalue weighted by Gasteiger charge is 2.04. The van der Waals surface area contributed by atoms with Gasteiger partial charge in [-0.25, -0.2) is 9.67 Å². The molecule has 0 saturated heterocycles. The summed E-state index contributed by atoms with van der Waals surface area (Å²) >= 11 is 0. The molecule has 1 amide bonds. The van der Waals surface area contributed by atoms with Crippen molar-refractivity contribution in [2.75, 3.05) is 7.11 Å². The predicted octanol–water partition coefficient (Wildman–Crippen LogP) is 2.58. The third-order valence-electron chi connectivity index (χ3n) is 4.10. The van der Waals surface area contributed by atoms with Crippen molar-refractivity contribution in [3.63, 3.8) is 0 Å². The average molecular weight is 350 g/mol. The number of rotatable bonds is 8. The van der Waals surface area contributed by atoms with E-state index in [1.807, 2.05) is 48.5 Å². The van der Waals surface area contributed by atoms with E-state index in [0.717, 1.165) is 22.4 Å². The van der Waals surface area contributed by atoms with Gasteiger partial charge in [-0.15, -0.1) is 0 Å². The highest BCUT2D eigenvalue weighted by Crippen LogP contribution is 2.14. The number of amides is 1. The number of aryl methyl sites for hydroxylation is 1. The molecule has 1 N–H and O–H groups in total. The number of carbonyl (C=O) groups excluding carboxylic acids is 1. The second kappa shape index (κ2) is 8.80. The van der Waals surface area contributed by atoms with Gasteiger partial charge in [0.15, 0.2) is 0 Å². The Hall–Kier alpha value is -3.15. The molecule has 0 aliphatic carbocycles. The highest BCUT2D eigenvalue weighted by atomic mass is 16.5. The summed E-state index contributed by atoms with van der Waals surface area (Å²) in [4.78, 5) is 16.0. The van der Waals surface area contributed by atoms with E-state index in [9.17, 15) is 4.79 Å². The molecule has 3 rings (SSSR count). The molecule has 0 radical (unpaired) electrons. The van der Waals surface area contributed by atoms with Gasteiger partial charge in [0.2, 0.25) is 5.91 Å². The van der Waals surface area contributed by atoms with Crippen LogP contribution in [0.3, 0.4) is 0 Å². The highest BCUT2D eigenvalue weighted by molar-refractivity contribution is 5.76. The Balaban J connectivity index is 1.43. The lowest BCUT2D eigenvalue weighted by atomic mass is 10.1. The Morgan fingerprint density at radius 2 is 1.92 bits per heavy atom. The molecule has 0 aliphatic heterocycles. The summed E-state index contributed by atoms with van der Waals surface area (Å²) in [5, 5.41) is 7.06. The molecule has 6 heteroatoms. The van der Waals surface area contributed by atoms with Crippen LogP contribution in [0.25, 0.3) is 0 Å². The first-order valence-corrected chi connectivity index (χ1v) is 8.53. The predicted molar refractivity (Wildman–Crippen MR) is 98.7 cm³/mol. The molecule has 0 fully saturated rings. The SMILES string of the molecule is COc1cccc(CCC(=O)NCc2ccc(Cn3cncn3)cc2)c1. The van der Waals surface area contributed by atoms with Gasteiger partial charge in [-0.3, -0.25) is 4.79 Å². The largest absolute Gasteiger partial charge is 0.497 e. The van der Waals surface area contributed by atoms with Crippen LogP contribution in [0.4, 0.5) is 0 Å². The molecule has 0 atom stereocenters. The molecular formula is C20H22N4O2. The third-order valence-corrected chi connectivity index (χ3v) is 4.10. The van der Waals surface area contributed by atoms with E-state index < -0.39 is 0 Å². The second-order valence-electron chi connectivity index (χ2n) is 6.04. The second-order valence-corrected chi connectivity index (χ2v) is 6.04. The fourth-order valence-corrected chi connectivity index (χ4v) is 2.64. The number of methoxy groups -OCH3 is 1. The van der Waals surface area contributed by atoms with Crippen LogP contribution in [-0.4, -0.2) is 27.8 Å². The summed E-state index contributed by atoms with van der Waals surface area (Å²) in [7, 11) is 1.64. The van der Waals surface area contributed by atoms with Crippen LogP contribution in [0.2, 0.25) is 0 Å². The summed E-state index contributed by atoms with van der Waals surface area (Å²) in [6.07, 6.45) is 4.36. The van der Waals surface area contributed by atoms with Crippen molar-refractivity contribution in [1.29, 1.82) is 0 Å². The Morgan fingerprint density at radius 3 is 2.65 bits per heavy atom.